The SMILES string of the molecule is CC(=NNC(=O)CSc1ccccn1)c1ccccc1. The van der Waals surface area contributed by atoms with E-state index in [0.717, 1.165) is 16.3 Å². The molecule has 0 aliphatic heterocycles. The van der Waals surface area contributed by atoms with Crippen molar-refractivity contribution >= 4 is 23.4 Å². The fourth-order valence-corrected chi connectivity index (χ4v) is 2.15. The zero-order valence-corrected chi connectivity index (χ0v) is 11.9. The third-order valence-corrected chi connectivity index (χ3v) is 3.47. The highest BCUT2D eigenvalue weighted by molar-refractivity contribution is 7.99. The number of thioether (sulfide) groups is 1. The van der Waals surface area contributed by atoms with Crippen LogP contribution in [0.4, 0.5) is 0 Å². The lowest BCUT2D eigenvalue weighted by Crippen LogP contribution is -2.21. The number of nitrogens with one attached hydrogen (secondary N) is 1. The maximum absolute atomic E-state index is 11.7. The van der Waals surface area contributed by atoms with Crippen molar-refractivity contribution < 1.29 is 4.79 Å². The van der Waals surface area contributed by atoms with Crippen LogP contribution < -0.4 is 5.43 Å². The number of benzene rings is 1. The van der Waals surface area contributed by atoms with E-state index < -0.39 is 0 Å². The molecule has 0 spiro atoms. The van der Waals surface area contributed by atoms with Crippen molar-refractivity contribution in [1.29, 1.82) is 0 Å². The molecule has 0 aliphatic carbocycles. The number of carbonyl (C=O) groups excluding carboxylic acids is 1. The molecule has 0 saturated heterocycles. The molecule has 102 valence electrons. The minimum atomic E-state index is -0.143. The van der Waals surface area contributed by atoms with Crippen LogP contribution in [0.5, 0.6) is 0 Å². The first-order valence-electron chi connectivity index (χ1n) is 6.18. The molecule has 0 fully saturated rings. The van der Waals surface area contributed by atoms with E-state index in [0.29, 0.717) is 5.75 Å². The van der Waals surface area contributed by atoms with E-state index in [1.165, 1.54) is 11.8 Å². The molecule has 2 rings (SSSR count). The topological polar surface area (TPSA) is 54.4 Å². The minimum Gasteiger partial charge on any atom is -0.272 e. The Hall–Kier alpha value is -2.14. The molecule has 1 aromatic carbocycles. The predicted molar refractivity (Wildman–Crippen MR) is 81.8 cm³/mol. The Labute approximate surface area is 122 Å². The van der Waals surface area contributed by atoms with E-state index in [1.54, 1.807) is 6.20 Å². The molecule has 0 bridgehead atoms. The van der Waals surface area contributed by atoms with Gasteiger partial charge in [-0.2, -0.15) is 5.10 Å². The van der Waals surface area contributed by atoms with Gasteiger partial charge in [0.1, 0.15) is 0 Å². The Morgan fingerprint density at radius 3 is 2.65 bits per heavy atom. The van der Waals surface area contributed by atoms with E-state index in [4.69, 9.17) is 0 Å². The molecule has 0 radical (unpaired) electrons. The number of rotatable bonds is 5. The highest BCUT2D eigenvalue weighted by Gasteiger charge is 2.03. The fraction of sp³-hybridized carbons (Fsp3) is 0.133. The van der Waals surface area contributed by atoms with Crippen LogP contribution in [-0.2, 0) is 4.79 Å². The van der Waals surface area contributed by atoms with Crippen LogP contribution in [0.1, 0.15) is 12.5 Å². The second-order valence-corrected chi connectivity index (χ2v) is 5.05. The Kier molecular flexibility index (Phi) is 5.32. The summed E-state index contributed by atoms with van der Waals surface area (Å²) in [5.74, 6) is 0.152. The number of hydrazone groups is 1. The molecule has 0 atom stereocenters. The molecule has 20 heavy (non-hydrogen) atoms. The average Bonchev–Trinajstić information content (AvgIpc) is 2.52. The van der Waals surface area contributed by atoms with Crippen LogP contribution >= 0.6 is 11.8 Å². The van der Waals surface area contributed by atoms with Gasteiger partial charge in [-0.25, -0.2) is 10.4 Å². The molecule has 5 heteroatoms. The number of hydrogen-bond acceptors (Lipinski definition) is 4. The predicted octanol–water partition coefficient (Wildman–Crippen LogP) is 2.71. The summed E-state index contributed by atoms with van der Waals surface area (Å²) < 4.78 is 0. The minimum absolute atomic E-state index is 0.143. The number of pyridine rings is 1. The number of nitrogens with zero attached hydrogens (tertiary/aromatic N) is 2. The highest BCUT2D eigenvalue weighted by atomic mass is 32.2. The van der Waals surface area contributed by atoms with Gasteiger partial charge < -0.3 is 0 Å². The van der Waals surface area contributed by atoms with Gasteiger partial charge in [0, 0.05) is 6.20 Å². The lowest BCUT2D eigenvalue weighted by atomic mass is 10.1. The Morgan fingerprint density at radius 1 is 1.20 bits per heavy atom. The van der Waals surface area contributed by atoms with Crippen LogP contribution in [0.3, 0.4) is 0 Å². The Bertz CT molecular complexity index is 585. The Morgan fingerprint density at radius 2 is 1.95 bits per heavy atom. The summed E-state index contributed by atoms with van der Waals surface area (Å²) in [6, 6.07) is 15.3. The molecule has 2 aromatic rings. The van der Waals surface area contributed by atoms with Crippen molar-refractivity contribution in [2.45, 2.75) is 11.9 Å². The third-order valence-electron chi connectivity index (χ3n) is 2.53. The first-order valence-corrected chi connectivity index (χ1v) is 7.16. The normalized spacial score (nSPS) is 11.2. The smallest absolute Gasteiger partial charge is 0.250 e. The van der Waals surface area contributed by atoms with Crippen LogP contribution in [0.25, 0.3) is 0 Å². The van der Waals surface area contributed by atoms with Gasteiger partial charge in [-0.15, -0.1) is 0 Å². The Balaban J connectivity index is 1.83. The van der Waals surface area contributed by atoms with Crippen molar-refractivity contribution in [3.63, 3.8) is 0 Å². The molecule has 0 aliphatic rings. The molecule has 4 nitrogen and oxygen atoms in total. The number of amides is 1. The van der Waals surface area contributed by atoms with Gasteiger partial charge >= 0.3 is 0 Å². The number of hydrogen-bond donors (Lipinski definition) is 1. The van der Waals surface area contributed by atoms with Crippen molar-refractivity contribution in [2.75, 3.05) is 5.75 Å². The van der Waals surface area contributed by atoms with Crippen molar-refractivity contribution in [3.05, 3.63) is 60.3 Å². The molecular formula is C15H15N3OS. The van der Waals surface area contributed by atoms with Crippen LogP contribution in [0.15, 0.2) is 64.9 Å². The molecular weight excluding hydrogens is 270 g/mol. The molecule has 1 aromatic heterocycles. The summed E-state index contributed by atoms with van der Waals surface area (Å²) in [6.45, 7) is 1.86. The second-order valence-electron chi connectivity index (χ2n) is 4.05. The molecule has 1 heterocycles. The van der Waals surface area contributed by atoms with E-state index in [9.17, 15) is 4.79 Å². The zero-order valence-electron chi connectivity index (χ0n) is 11.1. The monoisotopic (exact) mass is 285 g/mol. The van der Waals surface area contributed by atoms with E-state index in [-0.39, 0.29) is 5.91 Å². The fourth-order valence-electron chi connectivity index (χ4n) is 1.49. The standard InChI is InChI=1S/C15H15N3OS/c1-12(13-7-3-2-4-8-13)17-18-14(19)11-20-15-9-5-6-10-16-15/h2-10H,11H2,1H3,(H,18,19). The third kappa shape index (κ3) is 4.51. The second kappa shape index (κ2) is 7.45. The lowest BCUT2D eigenvalue weighted by Gasteiger charge is -2.02. The van der Waals surface area contributed by atoms with Gasteiger partial charge in [0.15, 0.2) is 0 Å². The van der Waals surface area contributed by atoms with Crippen LogP contribution in [0.2, 0.25) is 0 Å². The van der Waals surface area contributed by atoms with E-state index in [1.807, 2.05) is 55.5 Å². The van der Waals surface area contributed by atoms with E-state index >= 15 is 0 Å². The summed E-state index contributed by atoms with van der Waals surface area (Å²) in [7, 11) is 0. The zero-order chi connectivity index (χ0) is 14.2. The van der Waals surface area contributed by atoms with Crippen molar-refractivity contribution in [2.24, 2.45) is 5.10 Å². The summed E-state index contributed by atoms with van der Waals surface area (Å²) in [4.78, 5) is 15.8. The largest absolute Gasteiger partial charge is 0.272 e. The van der Waals surface area contributed by atoms with Gasteiger partial charge in [0.25, 0.3) is 0 Å². The van der Waals surface area contributed by atoms with Gasteiger partial charge in [0.05, 0.1) is 16.5 Å². The first-order chi connectivity index (χ1) is 9.75. The summed E-state index contributed by atoms with van der Waals surface area (Å²) in [6.07, 6.45) is 1.71. The highest BCUT2D eigenvalue weighted by Crippen LogP contribution is 2.12. The van der Waals surface area contributed by atoms with Crippen molar-refractivity contribution in [3.8, 4) is 0 Å². The maximum Gasteiger partial charge on any atom is 0.250 e. The molecule has 0 saturated carbocycles. The molecule has 1 amide bonds. The van der Waals surface area contributed by atoms with Gasteiger partial charge in [0.2, 0.25) is 5.91 Å². The quantitative estimate of drug-likeness (QED) is 0.522. The number of carbonyl (C=O) groups is 1. The van der Waals surface area contributed by atoms with Crippen molar-refractivity contribution in [1.82, 2.24) is 10.4 Å². The van der Waals surface area contributed by atoms with Crippen LogP contribution in [0, 0.1) is 0 Å². The van der Waals surface area contributed by atoms with Gasteiger partial charge in [-0.05, 0) is 24.6 Å². The first kappa shape index (κ1) is 14.3. The van der Waals surface area contributed by atoms with Gasteiger partial charge in [-0.1, -0.05) is 48.2 Å². The average molecular weight is 285 g/mol. The molecule has 1 N–H and O–H groups in total. The van der Waals surface area contributed by atoms with Crippen LogP contribution in [-0.4, -0.2) is 22.4 Å². The van der Waals surface area contributed by atoms with E-state index in [2.05, 4.69) is 15.5 Å². The maximum atomic E-state index is 11.7. The lowest BCUT2D eigenvalue weighted by molar-refractivity contribution is -0.118. The summed E-state index contributed by atoms with van der Waals surface area (Å²) in [5.41, 5.74) is 4.32. The molecule has 0 unspecified atom stereocenters. The summed E-state index contributed by atoms with van der Waals surface area (Å²) in [5, 5.41) is 4.92. The number of aromatic nitrogens is 1. The summed E-state index contributed by atoms with van der Waals surface area (Å²) >= 11 is 1.38. The van der Waals surface area contributed by atoms with Gasteiger partial charge in [-0.3, -0.25) is 4.79 Å².